The molecule has 0 heterocycles. The molecule has 1 aromatic rings. The Morgan fingerprint density at radius 1 is 0.463 bits per heavy atom. The van der Waals surface area contributed by atoms with E-state index in [0.29, 0.717) is 50.6 Å². The largest absolute Gasteiger partial charge is 0.508 e. The van der Waals surface area contributed by atoms with Gasteiger partial charge in [0.05, 0.1) is 12.1 Å². The third-order valence-corrected chi connectivity index (χ3v) is 13.8. The monoisotopic (exact) mass is 1130 g/mol. The molecule has 0 saturated carbocycles. The first-order chi connectivity index (χ1) is 37.5. The van der Waals surface area contributed by atoms with E-state index in [1.165, 1.54) is 45.0 Å². The molecule has 0 aliphatic rings. The maximum Gasteiger partial charge on any atom is 0.326 e. The Bertz CT molecular complexity index is 2160. The van der Waals surface area contributed by atoms with Crippen LogP contribution in [0.15, 0.2) is 24.3 Å². The molecule has 0 radical (unpaired) electrons. The van der Waals surface area contributed by atoms with Gasteiger partial charge in [-0.1, -0.05) is 80.4 Å². The highest BCUT2D eigenvalue weighted by atomic mass is 16.4. The zero-order chi connectivity index (χ0) is 61.0. The second-order valence-electron chi connectivity index (χ2n) is 21.8. The molecular weight excluding hydrogens is 1040 g/mol. The summed E-state index contributed by atoms with van der Waals surface area (Å²) in [6.07, 6.45) is 1.67. The average Bonchev–Trinajstić information content (AvgIpc) is 3.39. The Kier molecular flexibility index (Phi) is 32.9. The van der Waals surface area contributed by atoms with E-state index in [2.05, 4.69) is 47.9 Å². The summed E-state index contributed by atoms with van der Waals surface area (Å²) in [7, 11) is 0. The van der Waals surface area contributed by atoms with E-state index >= 15 is 0 Å². The Morgan fingerprint density at radius 3 is 1.31 bits per heavy atom. The van der Waals surface area contributed by atoms with E-state index in [1.54, 1.807) is 27.7 Å². The van der Waals surface area contributed by atoms with E-state index in [-0.39, 0.29) is 62.2 Å². The van der Waals surface area contributed by atoms with Crippen LogP contribution in [0.1, 0.15) is 146 Å². The highest BCUT2D eigenvalue weighted by Crippen LogP contribution is 2.16. The van der Waals surface area contributed by atoms with Gasteiger partial charge in [-0.05, 0) is 127 Å². The van der Waals surface area contributed by atoms with Gasteiger partial charge in [0.1, 0.15) is 60.1 Å². The highest BCUT2D eigenvalue weighted by Gasteiger charge is 2.36. The molecule has 13 atom stereocenters. The highest BCUT2D eigenvalue weighted by molar-refractivity contribution is 5.98. The van der Waals surface area contributed by atoms with Crippen LogP contribution < -0.4 is 65.1 Å². The normalized spacial score (nSPS) is 16.3. The number of carboxylic acids is 1. The molecule has 80 heavy (non-hydrogen) atoms. The van der Waals surface area contributed by atoms with E-state index in [9.17, 15) is 63.3 Å². The zero-order valence-electron chi connectivity index (χ0n) is 48.8. The zero-order valence-corrected chi connectivity index (χ0v) is 48.8. The summed E-state index contributed by atoms with van der Waals surface area (Å²) in [6.45, 7) is 18.9. The number of nitrogens with two attached hydrogens (primary N) is 3. The molecule has 1 aromatic carbocycles. The predicted octanol–water partition coefficient (Wildman–Crippen LogP) is -0.427. The molecule has 0 bridgehead atoms. The number of aromatic hydroxyl groups is 1. The van der Waals surface area contributed by atoms with Crippen LogP contribution in [0.2, 0.25) is 0 Å². The molecule has 0 spiro atoms. The van der Waals surface area contributed by atoms with Crippen LogP contribution in [-0.4, -0.2) is 154 Å². The Labute approximate surface area is 471 Å². The number of aliphatic hydroxyl groups excluding tert-OH is 1. The number of benzene rings is 1. The van der Waals surface area contributed by atoms with Crippen molar-refractivity contribution in [2.75, 3.05) is 13.1 Å². The number of aliphatic hydroxyl groups is 1. The van der Waals surface area contributed by atoms with Crippen molar-refractivity contribution < 1.29 is 63.3 Å². The lowest BCUT2D eigenvalue weighted by Crippen LogP contribution is -2.61. The van der Waals surface area contributed by atoms with Crippen LogP contribution in [-0.2, 0) is 54.4 Å². The molecule has 18 N–H and O–H groups in total. The number of aliphatic carboxylic acids is 1. The van der Waals surface area contributed by atoms with Gasteiger partial charge in [-0.3, -0.25) is 43.2 Å². The standard InChI is InChI=1S/C55H96N12O13/c1-12-31(7)43(58)52(76)64-40(26-29(3)4)50(74)62-39(19-15-17-25-57)49(73)61-38(18-14-16-24-56)48(72)59-34(10)47(71)67-45(35(11)68)54(78)60-33(9)46(70)63-41(28-36-20-22-37(69)23-21-36)51(75)66-44(32(8)13-2)53(77)65-42(55(79)80)27-30(5)6/h20-23,29-35,38-45,68-69H,12-19,24-28,56-58H2,1-11H3,(H,59,72)(H,60,78)(H,61,73)(H,62,74)(H,63,70)(H,64,76)(H,65,77)(H,66,75)(H,67,71)(H,79,80)/t31-,32-,33-,34-,35+,38-,39-,40-,41-,42-,43-,44-,45-/m0/s1. The van der Waals surface area contributed by atoms with Crippen LogP contribution in [0.3, 0.4) is 0 Å². The van der Waals surface area contributed by atoms with Crippen molar-refractivity contribution in [1.82, 2.24) is 47.9 Å². The number of hydrogen-bond donors (Lipinski definition) is 15. The number of hydrogen-bond acceptors (Lipinski definition) is 15. The molecule has 0 fully saturated rings. The quantitative estimate of drug-likeness (QED) is 0.0374. The van der Waals surface area contributed by atoms with E-state index in [1.807, 2.05) is 27.7 Å². The lowest BCUT2D eigenvalue weighted by atomic mass is 9.96. The van der Waals surface area contributed by atoms with Gasteiger partial charge in [-0.25, -0.2) is 4.79 Å². The average molecular weight is 1130 g/mol. The topological polar surface area (TPSA) is 418 Å². The number of unbranched alkanes of at least 4 members (excludes halogenated alkanes) is 2. The number of carbonyl (C=O) groups is 10. The molecule has 0 aliphatic carbocycles. The van der Waals surface area contributed by atoms with Gasteiger partial charge in [-0.2, -0.15) is 0 Å². The van der Waals surface area contributed by atoms with Crippen molar-refractivity contribution in [1.29, 1.82) is 0 Å². The Morgan fingerprint density at radius 2 is 0.850 bits per heavy atom. The molecule has 25 nitrogen and oxygen atoms in total. The molecular formula is C55H96N12O13. The van der Waals surface area contributed by atoms with Crippen LogP contribution in [0.25, 0.3) is 0 Å². The third-order valence-electron chi connectivity index (χ3n) is 13.8. The molecule has 1 rings (SSSR count). The molecule has 25 heteroatoms. The summed E-state index contributed by atoms with van der Waals surface area (Å²) in [5.41, 5.74) is 18.1. The summed E-state index contributed by atoms with van der Waals surface area (Å²) >= 11 is 0. The lowest BCUT2D eigenvalue weighted by Gasteiger charge is -2.29. The molecule has 0 aliphatic heterocycles. The van der Waals surface area contributed by atoms with Crippen LogP contribution in [0, 0.1) is 23.7 Å². The summed E-state index contributed by atoms with van der Waals surface area (Å²) in [5, 5.41) is 53.7. The molecule has 454 valence electrons. The number of amides is 9. The third kappa shape index (κ3) is 25.8. The van der Waals surface area contributed by atoms with Gasteiger partial charge >= 0.3 is 5.97 Å². The minimum atomic E-state index is -1.69. The number of carbonyl (C=O) groups excluding carboxylic acids is 9. The molecule has 9 amide bonds. The van der Waals surface area contributed by atoms with Gasteiger partial charge in [0.2, 0.25) is 53.2 Å². The predicted molar refractivity (Wildman–Crippen MR) is 301 cm³/mol. The first kappa shape index (κ1) is 71.6. The summed E-state index contributed by atoms with van der Waals surface area (Å²) in [4.78, 5) is 136. The SMILES string of the molecule is CC[C@H](C)[C@H](N)C(=O)N[C@@H](CC(C)C)C(=O)N[C@@H](CCCCN)C(=O)N[C@@H](CCCCN)C(=O)N[C@@H](C)C(=O)N[C@H](C(=O)N[C@@H](C)C(=O)N[C@@H](Cc1ccc(O)cc1)C(=O)N[C@H](C(=O)N[C@@H](CC(C)C)C(=O)O)[C@@H](C)CC)[C@@H](C)O. The van der Waals surface area contributed by atoms with Gasteiger partial charge in [0.25, 0.3) is 0 Å². The Hall–Kier alpha value is -6.44. The number of phenols is 1. The maximum atomic E-state index is 14.1. The number of nitrogens with one attached hydrogen (secondary N) is 9. The second kappa shape index (κ2) is 36.7. The first-order valence-electron chi connectivity index (χ1n) is 28.1. The summed E-state index contributed by atoms with van der Waals surface area (Å²) < 4.78 is 0. The summed E-state index contributed by atoms with van der Waals surface area (Å²) in [5.74, 6) is -9.17. The molecule has 0 aromatic heterocycles. The Balaban J connectivity index is 3.33. The van der Waals surface area contributed by atoms with Crippen molar-refractivity contribution in [3.05, 3.63) is 29.8 Å². The van der Waals surface area contributed by atoms with E-state index in [4.69, 9.17) is 17.2 Å². The van der Waals surface area contributed by atoms with Gasteiger partial charge in [0, 0.05) is 6.42 Å². The van der Waals surface area contributed by atoms with Crippen molar-refractivity contribution in [2.24, 2.45) is 40.9 Å². The van der Waals surface area contributed by atoms with Crippen molar-refractivity contribution in [3.63, 3.8) is 0 Å². The molecule has 0 saturated heterocycles. The lowest BCUT2D eigenvalue weighted by molar-refractivity contribution is -0.143. The minimum Gasteiger partial charge on any atom is -0.508 e. The molecule has 0 unspecified atom stereocenters. The second-order valence-corrected chi connectivity index (χ2v) is 21.8. The van der Waals surface area contributed by atoms with Crippen LogP contribution in [0.4, 0.5) is 0 Å². The summed E-state index contributed by atoms with van der Waals surface area (Å²) in [6, 6.07) is -6.88. The fourth-order valence-corrected chi connectivity index (χ4v) is 8.27. The first-order valence-corrected chi connectivity index (χ1v) is 28.1. The fraction of sp³-hybridized carbons (Fsp3) is 0.709. The van der Waals surface area contributed by atoms with Gasteiger partial charge < -0.3 is 80.4 Å². The van der Waals surface area contributed by atoms with Crippen LogP contribution >= 0.6 is 0 Å². The van der Waals surface area contributed by atoms with E-state index in [0.717, 1.165) is 0 Å². The van der Waals surface area contributed by atoms with Gasteiger partial charge in [-0.15, -0.1) is 0 Å². The van der Waals surface area contributed by atoms with Crippen molar-refractivity contribution in [3.8, 4) is 5.75 Å². The van der Waals surface area contributed by atoms with Crippen molar-refractivity contribution in [2.45, 2.75) is 213 Å². The van der Waals surface area contributed by atoms with Gasteiger partial charge in [0.15, 0.2) is 0 Å². The van der Waals surface area contributed by atoms with Crippen LogP contribution in [0.5, 0.6) is 5.75 Å². The smallest absolute Gasteiger partial charge is 0.326 e. The van der Waals surface area contributed by atoms with Crippen molar-refractivity contribution >= 4 is 59.1 Å². The number of carboxylic acid groups (broad SMARTS) is 1. The van der Waals surface area contributed by atoms with E-state index < -0.39 is 132 Å². The minimum absolute atomic E-state index is 0.0363. The number of rotatable bonds is 38. The fourth-order valence-electron chi connectivity index (χ4n) is 8.27. The number of phenolic OH excluding ortho intramolecular Hbond substituents is 1. The maximum absolute atomic E-state index is 14.1.